The summed E-state index contributed by atoms with van der Waals surface area (Å²) in [6.45, 7) is 3.65. The molecule has 2 fully saturated rings. The van der Waals surface area contributed by atoms with Crippen LogP contribution in [0.5, 0.6) is 0 Å². The highest BCUT2D eigenvalue weighted by molar-refractivity contribution is 5.85. The van der Waals surface area contributed by atoms with Crippen LogP contribution < -0.4 is 5.32 Å². The van der Waals surface area contributed by atoms with Crippen molar-refractivity contribution < 1.29 is 13.9 Å². The number of aryl methyl sites for hydroxylation is 1. The van der Waals surface area contributed by atoms with Crippen LogP contribution in [0.25, 0.3) is 27.8 Å². The molecule has 10 heteroatoms. The zero-order valence-corrected chi connectivity index (χ0v) is 17.8. The maximum Gasteiger partial charge on any atom is 0.252 e. The second kappa shape index (κ2) is 6.44. The maximum atomic E-state index is 13.5. The Morgan fingerprint density at radius 1 is 1.12 bits per heavy atom. The molecule has 4 heterocycles. The molecule has 6 rings (SSSR count). The van der Waals surface area contributed by atoms with Crippen molar-refractivity contribution >= 4 is 22.6 Å². The van der Waals surface area contributed by atoms with E-state index in [0.717, 1.165) is 22.2 Å². The number of halogens is 2. The number of alkyl halides is 2. The first kappa shape index (κ1) is 19.5. The van der Waals surface area contributed by atoms with Gasteiger partial charge in [0.05, 0.1) is 22.8 Å². The number of aromatic nitrogens is 6. The lowest BCUT2D eigenvalue weighted by molar-refractivity contribution is -0.103. The van der Waals surface area contributed by atoms with Crippen molar-refractivity contribution in [2.75, 3.05) is 5.32 Å². The third kappa shape index (κ3) is 3.12. The SMILES string of the molecule is Cc1nc2ncc(-c3ccn4nc(NC5CC(C)(O)C5)ncc34)cc2n1C1CC(F)(F)C1. The molecule has 0 atom stereocenters. The van der Waals surface area contributed by atoms with Gasteiger partial charge < -0.3 is 15.0 Å². The lowest BCUT2D eigenvalue weighted by atomic mass is 9.77. The zero-order valence-electron chi connectivity index (χ0n) is 17.8. The van der Waals surface area contributed by atoms with Gasteiger partial charge in [0.2, 0.25) is 5.95 Å². The number of nitrogens with zero attached hydrogens (tertiary/aromatic N) is 6. The van der Waals surface area contributed by atoms with E-state index < -0.39 is 11.5 Å². The molecule has 2 saturated carbocycles. The Hall–Kier alpha value is -3.14. The lowest BCUT2D eigenvalue weighted by Gasteiger charge is -2.41. The summed E-state index contributed by atoms with van der Waals surface area (Å²) in [6, 6.07) is 3.79. The Morgan fingerprint density at radius 3 is 2.62 bits per heavy atom. The normalized spacial score (nSPS) is 25.1. The lowest BCUT2D eigenvalue weighted by Crippen LogP contribution is -2.48. The number of rotatable bonds is 4. The third-order valence-electron chi connectivity index (χ3n) is 6.59. The second-order valence-electron chi connectivity index (χ2n) is 9.40. The number of anilines is 1. The molecule has 0 unspecified atom stereocenters. The van der Waals surface area contributed by atoms with Gasteiger partial charge in [0, 0.05) is 48.4 Å². The number of nitrogens with one attached hydrogen (secondary N) is 1. The Morgan fingerprint density at radius 2 is 1.91 bits per heavy atom. The molecule has 4 aromatic heterocycles. The minimum absolute atomic E-state index is 0.159. The van der Waals surface area contributed by atoms with Gasteiger partial charge in [-0.15, -0.1) is 5.10 Å². The van der Waals surface area contributed by atoms with Gasteiger partial charge in [0.1, 0.15) is 5.82 Å². The van der Waals surface area contributed by atoms with Gasteiger partial charge in [0.25, 0.3) is 5.92 Å². The molecule has 0 bridgehead atoms. The van der Waals surface area contributed by atoms with Crippen molar-refractivity contribution in [1.29, 1.82) is 0 Å². The fourth-order valence-corrected chi connectivity index (χ4v) is 5.01. The average Bonchev–Trinajstić information content (AvgIpc) is 3.23. The number of imidazole rings is 1. The van der Waals surface area contributed by atoms with Crippen LogP contribution in [-0.2, 0) is 0 Å². The number of pyridine rings is 1. The van der Waals surface area contributed by atoms with Crippen LogP contribution >= 0.6 is 0 Å². The molecule has 0 aromatic carbocycles. The summed E-state index contributed by atoms with van der Waals surface area (Å²) in [6.07, 6.45) is 6.34. The summed E-state index contributed by atoms with van der Waals surface area (Å²) in [5, 5.41) is 17.7. The Balaban J connectivity index is 1.33. The van der Waals surface area contributed by atoms with E-state index in [0.29, 0.717) is 30.3 Å². The van der Waals surface area contributed by atoms with Crippen molar-refractivity contribution in [2.24, 2.45) is 0 Å². The quantitative estimate of drug-likeness (QED) is 0.503. The molecule has 0 spiro atoms. The van der Waals surface area contributed by atoms with Crippen molar-refractivity contribution in [3.8, 4) is 11.1 Å². The van der Waals surface area contributed by atoms with E-state index in [1.165, 1.54) is 0 Å². The Bertz CT molecular complexity index is 1340. The maximum absolute atomic E-state index is 13.5. The molecule has 2 aliphatic carbocycles. The number of aliphatic hydroxyl groups is 1. The van der Waals surface area contributed by atoms with Crippen LogP contribution in [-0.4, -0.2) is 51.8 Å². The Labute approximate surface area is 182 Å². The largest absolute Gasteiger partial charge is 0.390 e. The van der Waals surface area contributed by atoms with Crippen LogP contribution in [0, 0.1) is 6.92 Å². The first-order chi connectivity index (χ1) is 15.2. The van der Waals surface area contributed by atoms with E-state index in [-0.39, 0.29) is 24.9 Å². The van der Waals surface area contributed by atoms with E-state index in [1.807, 2.05) is 36.7 Å². The molecule has 0 amide bonds. The highest BCUT2D eigenvalue weighted by Gasteiger charge is 2.47. The van der Waals surface area contributed by atoms with Crippen molar-refractivity contribution in [3.05, 3.63) is 36.5 Å². The first-order valence-corrected chi connectivity index (χ1v) is 10.7. The number of hydrogen-bond acceptors (Lipinski definition) is 6. The van der Waals surface area contributed by atoms with Crippen LogP contribution in [0.15, 0.2) is 30.7 Å². The summed E-state index contributed by atoms with van der Waals surface area (Å²) in [5.74, 6) is -1.40. The fourth-order valence-electron chi connectivity index (χ4n) is 5.01. The van der Waals surface area contributed by atoms with E-state index in [9.17, 15) is 13.9 Å². The average molecular weight is 439 g/mol. The van der Waals surface area contributed by atoms with Gasteiger partial charge in [-0.2, -0.15) is 0 Å². The van der Waals surface area contributed by atoms with Gasteiger partial charge >= 0.3 is 0 Å². The van der Waals surface area contributed by atoms with Crippen LogP contribution in [0.2, 0.25) is 0 Å². The molecular weight excluding hydrogens is 416 g/mol. The second-order valence-corrected chi connectivity index (χ2v) is 9.40. The third-order valence-corrected chi connectivity index (χ3v) is 6.59. The molecule has 166 valence electrons. The predicted octanol–water partition coefficient (Wildman–Crippen LogP) is 3.74. The van der Waals surface area contributed by atoms with Gasteiger partial charge in [-0.25, -0.2) is 28.2 Å². The summed E-state index contributed by atoms with van der Waals surface area (Å²) in [5.41, 5.74) is 3.28. The number of hydrogen-bond donors (Lipinski definition) is 2. The monoisotopic (exact) mass is 439 g/mol. The topological polar surface area (TPSA) is 93.2 Å². The van der Waals surface area contributed by atoms with Crippen molar-refractivity contribution in [3.63, 3.8) is 0 Å². The standard InChI is InChI=1S/C22H23F2N7O/c1-12-27-19-17(31(12)15-8-22(23,24)9-15)5-13(10-25-19)16-3-4-30-18(16)11-26-20(29-30)28-14-6-21(2,32)7-14/h3-5,10-11,14-15,32H,6-9H2,1-2H3,(H,28,29). The smallest absolute Gasteiger partial charge is 0.252 e. The molecule has 8 nitrogen and oxygen atoms in total. The van der Waals surface area contributed by atoms with E-state index in [1.54, 1.807) is 16.9 Å². The molecular formula is C22H23F2N7O. The molecule has 0 saturated heterocycles. The van der Waals surface area contributed by atoms with Gasteiger partial charge in [-0.1, -0.05) is 0 Å². The van der Waals surface area contributed by atoms with Gasteiger partial charge in [-0.3, -0.25) is 0 Å². The highest BCUT2D eigenvalue weighted by atomic mass is 19.3. The van der Waals surface area contributed by atoms with E-state index in [2.05, 4.69) is 25.4 Å². The molecule has 2 aliphatic rings. The first-order valence-electron chi connectivity index (χ1n) is 10.7. The summed E-state index contributed by atoms with van der Waals surface area (Å²) in [7, 11) is 0. The van der Waals surface area contributed by atoms with Crippen molar-refractivity contribution in [2.45, 2.75) is 63.1 Å². The predicted molar refractivity (Wildman–Crippen MR) is 115 cm³/mol. The summed E-state index contributed by atoms with van der Waals surface area (Å²) in [4.78, 5) is 13.4. The zero-order chi connectivity index (χ0) is 22.3. The van der Waals surface area contributed by atoms with Gasteiger partial charge in [0.15, 0.2) is 5.65 Å². The van der Waals surface area contributed by atoms with Crippen LogP contribution in [0.3, 0.4) is 0 Å². The molecule has 0 radical (unpaired) electrons. The molecule has 0 aliphatic heterocycles. The molecule has 2 N–H and O–H groups in total. The Kier molecular flexibility index (Phi) is 3.93. The number of fused-ring (bicyclic) bond motifs is 2. The highest BCUT2D eigenvalue weighted by Crippen LogP contribution is 2.47. The summed E-state index contributed by atoms with van der Waals surface area (Å²) >= 11 is 0. The fraction of sp³-hybridized carbons (Fsp3) is 0.455. The molecule has 32 heavy (non-hydrogen) atoms. The molecule has 4 aromatic rings. The minimum Gasteiger partial charge on any atom is -0.390 e. The van der Waals surface area contributed by atoms with Crippen molar-refractivity contribution in [1.82, 2.24) is 29.1 Å². The van der Waals surface area contributed by atoms with Gasteiger partial charge in [-0.05, 0) is 38.8 Å². The van der Waals surface area contributed by atoms with Crippen LogP contribution in [0.1, 0.15) is 44.5 Å². The minimum atomic E-state index is -2.60. The van der Waals surface area contributed by atoms with E-state index >= 15 is 0 Å². The van der Waals surface area contributed by atoms with Crippen LogP contribution in [0.4, 0.5) is 14.7 Å². The van der Waals surface area contributed by atoms with E-state index in [4.69, 9.17) is 0 Å². The summed E-state index contributed by atoms with van der Waals surface area (Å²) < 4.78 is 30.6.